The fourth-order valence-corrected chi connectivity index (χ4v) is 2.38. The van der Waals surface area contributed by atoms with Gasteiger partial charge in [-0.1, -0.05) is 0 Å². The third kappa shape index (κ3) is 3.92. The molecule has 8 heteroatoms. The molecule has 1 fully saturated rings. The number of ether oxygens (including phenoxy) is 1. The van der Waals surface area contributed by atoms with E-state index in [2.05, 4.69) is 10.6 Å². The largest absolute Gasteiger partial charge is 0.494 e. The van der Waals surface area contributed by atoms with Crippen LogP contribution in [0.25, 0.3) is 6.08 Å². The number of furan rings is 1. The molecule has 0 unspecified atom stereocenters. The summed E-state index contributed by atoms with van der Waals surface area (Å²) in [6.07, 6.45) is 2.86. The second kappa shape index (κ2) is 7.56. The summed E-state index contributed by atoms with van der Waals surface area (Å²) in [4.78, 5) is 37.2. The minimum atomic E-state index is -0.658. The highest BCUT2D eigenvalue weighted by atomic mass is 16.5. The lowest BCUT2D eigenvalue weighted by Gasteiger charge is -2.12. The van der Waals surface area contributed by atoms with E-state index in [9.17, 15) is 14.4 Å². The normalized spacial score (nSPS) is 15.3. The van der Waals surface area contributed by atoms with Crippen molar-refractivity contribution in [3.05, 3.63) is 54.1 Å². The SMILES string of the molecule is CCOc1ccc(NC(=O)CN2C(=O)N/C(=C\c3ccco3)C2=O)cc1. The van der Waals surface area contributed by atoms with Crippen LogP contribution in [0.3, 0.4) is 0 Å². The Morgan fingerprint density at radius 1 is 1.27 bits per heavy atom. The Morgan fingerprint density at radius 3 is 2.69 bits per heavy atom. The Morgan fingerprint density at radius 2 is 2.04 bits per heavy atom. The van der Waals surface area contributed by atoms with Gasteiger partial charge in [-0.2, -0.15) is 0 Å². The van der Waals surface area contributed by atoms with Crippen LogP contribution >= 0.6 is 0 Å². The van der Waals surface area contributed by atoms with E-state index in [1.807, 2.05) is 6.92 Å². The molecule has 2 heterocycles. The number of rotatable bonds is 6. The maximum atomic E-state index is 12.3. The van der Waals surface area contributed by atoms with Crippen LogP contribution in [0.15, 0.2) is 52.8 Å². The van der Waals surface area contributed by atoms with Crippen LogP contribution in [0.1, 0.15) is 12.7 Å². The molecule has 1 aromatic carbocycles. The van der Waals surface area contributed by atoms with Crippen LogP contribution < -0.4 is 15.4 Å². The number of nitrogens with zero attached hydrogens (tertiary/aromatic N) is 1. The van der Waals surface area contributed by atoms with E-state index in [0.717, 1.165) is 4.90 Å². The van der Waals surface area contributed by atoms with Crippen molar-refractivity contribution in [2.45, 2.75) is 6.92 Å². The maximum Gasteiger partial charge on any atom is 0.329 e. The second-order valence-electron chi connectivity index (χ2n) is 5.40. The molecule has 26 heavy (non-hydrogen) atoms. The Bertz CT molecular complexity index is 840. The third-order valence-electron chi connectivity index (χ3n) is 3.54. The Balaban J connectivity index is 1.62. The Hall–Kier alpha value is -3.55. The first-order valence-corrected chi connectivity index (χ1v) is 7.97. The number of carbonyl (C=O) groups excluding carboxylic acids is 3. The zero-order valence-corrected chi connectivity index (χ0v) is 14.0. The first-order chi connectivity index (χ1) is 12.6. The van der Waals surface area contributed by atoms with Crippen molar-refractivity contribution in [3.63, 3.8) is 0 Å². The van der Waals surface area contributed by atoms with Crippen LogP contribution in [0.5, 0.6) is 5.75 Å². The molecule has 1 aliphatic rings. The quantitative estimate of drug-likeness (QED) is 0.611. The van der Waals surface area contributed by atoms with Crippen molar-refractivity contribution in [2.24, 2.45) is 0 Å². The Kier molecular flexibility index (Phi) is 5.02. The molecule has 0 saturated carbocycles. The van der Waals surface area contributed by atoms with Crippen molar-refractivity contribution < 1.29 is 23.5 Å². The zero-order valence-electron chi connectivity index (χ0n) is 14.0. The van der Waals surface area contributed by atoms with E-state index in [1.165, 1.54) is 12.3 Å². The van der Waals surface area contributed by atoms with Crippen LogP contribution in [0.4, 0.5) is 10.5 Å². The summed E-state index contributed by atoms with van der Waals surface area (Å²) in [6.45, 7) is 2.03. The van der Waals surface area contributed by atoms with Gasteiger partial charge in [0.2, 0.25) is 5.91 Å². The highest BCUT2D eigenvalue weighted by Crippen LogP contribution is 2.17. The smallest absolute Gasteiger partial charge is 0.329 e. The lowest BCUT2D eigenvalue weighted by Crippen LogP contribution is -2.38. The average Bonchev–Trinajstić information content (AvgIpc) is 3.21. The van der Waals surface area contributed by atoms with Crippen LogP contribution in [-0.2, 0) is 9.59 Å². The van der Waals surface area contributed by atoms with E-state index in [-0.39, 0.29) is 5.70 Å². The molecule has 0 bridgehead atoms. The maximum absolute atomic E-state index is 12.3. The number of hydrogen-bond donors (Lipinski definition) is 2. The molecule has 1 saturated heterocycles. The third-order valence-corrected chi connectivity index (χ3v) is 3.54. The summed E-state index contributed by atoms with van der Waals surface area (Å²) in [5.74, 6) is 0.0341. The lowest BCUT2D eigenvalue weighted by molar-refractivity contribution is -0.127. The molecular formula is C18H17N3O5. The van der Waals surface area contributed by atoms with E-state index < -0.39 is 24.4 Å². The van der Waals surface area contributed by atoms with E-state index in [0.29, 0.717) is 23.8 Å². The standard InChI is InChI=1S/C18H17N3O5/c1-2-25-13-7-5-12(6-8-13)19-16(22)11-21-17(23)15(20-18(21)24)10-14-4-3-9-26-14/h3-10H,2,11H2,1H3,(H,19,22)(H,20,24)/b15-10-. The summed E-state index contributed by atoms with van der Waals surface area (Å²) >= 11 is 0. The molecule has 0 aliphatic carbocycles. The van der Waals surface area contributed by atoms with Crippen molar-refractivity contribution in [1.82, 2.24) is 10.2 Å². The Labute approximate surface area is 149 Å². The minimum absolute atomic E-state index is 0.0545. The molecule has 0 spiro atoms. The first kappa shape index (κ1) is 17.3. The number of urea groups is 1. The number of hydrogen-bond acceptors (Lipinski definition) is 5. The highest BCUT2D eigenvalue weighted by Gasteiger charge is 2.35. The fourth-order valence-electron chi connectivity index (χ4n) is 2.38. The number of benzene rings is 1. The van der Waals surface area contributed by atoms with Crippen molar-refractivity contribution in [2.75, 3.05) is 18.5 Å². The molecule has 0 atom stereocenters. The number of carbonyl (C=O) groups is 3. The number of amides is 4. The van der Waals surface area contributed by atoms with Gasteiger partial charge in [0, 0.05) is 11.8 Å². The van der Waals surface area contributed by atoms with E-state index in [4.69, 9.17) is 9.15 Å². The van der Waals surface area contributed by atoms with E-state index >= 15 is 0 Å². The summed E-state index contributed by atoms with van der Waals surface area (Å²) in [7, 11) is 0. The summed E-state index contributed by atoms with van der Waals surface area (Å²) in [5.41, 5.74) is 0.593. The van der Waals surface area contributed by atoms with Gasteiger partial charge in [-0.05, 0) is 43.3 Å². The van der Waals surface area contributed by atoms with Gasteiger partial charge in [0.15, 0.2) is 0 Å². The topological polar surface area (TPSA) is 101 Å². The van der Waals surface area contributed by atoms with Crippen molar-refractivity contribution in [1.29, 1.82) is 0 Å². The van der Waals surface area contributed by atoms with Crippen molar-refractivity contribution >= 4 is 29.6 Å². The molecule has 134 valence electrons. The number of imide groups is 1. The molecular weight excluding hydrogens is 338 g/mol. The van der Waals surface area contributed by atoms with Gasteiger partial charge in [-0.15, -0.1) is 0 Å². The van der Waals surface area contributed by atoms with E-state index in [1.54, 1.807) is 36.4 Å². The second-order valence-corrected chi connectivity index (χ2v) is 5.40. The minimum Gasteiger partial charge on any atom is -0.494 e. The fraction of sp³-hybridized carbons (Fsp3) is 0.167. The molecule has 8 nitrogen and oxygen atoms in total. The predicted molar refractivity (Wildman–Crippen MR) is 93.2 cm³/mol. The molecule has 2 N–H and O–H groups in total. The summed E-state index contributed by atoms with van der Waals surface area (Å²) in [5, 5.41) is 5.06. The van der Waals surface area contributed by atoms with Gasteiger partial charge in [0.25, 0.3) is 5.91 Å². The molecule has 2 aromatic rings. The highest BCUT2D eigenvalue weighted by molar-refractivity contribution is 6.15. The summed E-state index contributed by atoms with van der Waals surface area (Å²) < 4.78 is 10.4. The van der Waals surface area contributed by atoms with Crippen molar-refractivity contribution in [3.8, 4) is 5.75 Å². The number of nitrogens with one attached hydrogen (secondary N) is 2. The lowest BCUT2D eigenvalue weighted by atomic mass is 10.3. The van der Waals surface area contributed by atoms with Gasteiger partial charge in [0.05, 0.1) is 12.9 Å². The van der Waals surface area contributed by atoms with Gasteiger partial charge in [0.1, 0.15) is 23.8 Å². The first-order valence-electron chi connectivity index (χ1n) is 7.97. The van der Waals surface area contributed by atoms with Crippen LogP contribution in [-0.4, -0.2) is 35.9 Å². The monoisotopic (exact) mass is 355 g/mol. The number of anilines is 1. The van der Waals surface area contributed by atoms with Gasteiger partial charge < -0.3 is 19.8 Å². The molecule has 4 amide bonds. The van der Waals surface area contributed by atoms with Gasteiger partial charge in [-0.25, -0.2) is 9.69 Å². The molecule has 0 radical (unpaired) electrons. The summed E-state index contributed by atoms with van der Waals surface area (Å²) in [6, 6.07) is 9.44. The van der Waals surface area contributed by atoms with Crippen LogP contribution in [0, 0.1) is 0 Å². The molecule has 1 aromatic heterocycles. The van der Waals surface area contributed by atoms with Crippen LogP contribution in [0.2, 0.25) is 0 Å². The molecule has 3 rings (SSSR count). The van der Waals surface area contributed by atoms with Gasteiger partial charge in [-0.3, -0.25) is 9.59 Å². The average molecular weight is 355 g/mol. The van der Waals surface area contributed by atoms with Gasteiger partial charge >= 0.3 is 6.03 Å². The zero-order chi connectivity index (χ0) is 18.5. The predicted octanol–water partition coefficient (Wildman–Crippen LogP) is 2.21. The molecule has 1 aliphatic heterocycles.